The Kier molecular flexibility index (Phi) is 4.41. The summed E-state index contributed by atoms with van der Waals surface area (Å²) in [6.07, 6.45) is 4.93. The van der Waals surface area contributed by atoms with Crippen molar-refractivity contribution in [2.45, 2.75) is 5.92 Å². The highest BCUT2D eigenvalue weighted by atomic mass is 16.4. The third-order valence-corrected chi connectivity index (χ3v) is 4.33. The number of carboxylic acid groups (broad SMARTS) is 1. The van der Waals surface area contributed by atoms with Crippen molar-refractivity contribution < 1.29 is 14.7 Å². The van der Waals surface area contributed by atoms with Crippen LogP contribution in [0, 0.1) is 5.92 Å². The zero-order chi connectivity index (χ0) is 17.1. The van der Waals surface area contributed by atoms with Crippen molar-refractivity contribution in [1.82, 2.24) is 15.3 Å². The van der Waals surface area contributed by atoms with Crippen molar-refractivity contribution in [3.8, 4) is 0 Å². The number of carboxylic acids is 1. The van der Waals surface area contributed by atoms with E-state index in [1.807, 2.05) is 17.0 Å². The van der Waals surface area contributed by atoms with E-state index in [4.69, 9.17) is 0 Å². The van der Waals surface area contributed by atoms with Gasteiger partial charge < -0.3 is 15.3 Å². The SMILES string of the molecule is CNC(=O)c1cccnc1N1C[C@H](C(=O)O)[C@@H](c2ccncc2)C1. The molecule has 0 bridgehead atoms. The Balaban J connectivity index is 1.95. The second-order valence-corrected chi connectivity index (χ2v) is 5.69. The van der Waals surface area contributed by atoms with Crippen LogP contribution in [0.5, 0.6) is 0 Å². The lowest BCUT2D eigenvalue weighted by Crippen LogP contribution is -2.27. The number of carbonyl (C=O) groups excluding carboxylic acids is 1. The van der Waals surface area contributed by atoms with Crippen molar-refractivity contribution in [1.29, 1.82) is 0 Å². The summed E-state index contributed by atoms with van der Waals surface area (Å²) in [5.74, 6) is -1.31. The minimum Gasteiger partial charge on any atom is -0.481 e. The van der Waals surface area contributed by atoms with Gasteiger partial charge in [0.05, 0.1) is 11.5 Å². The average molecular weight is 326 g/mol. The van der Waals surface area contributed by atoms with Crippen LogP contribution in [0.25, 0.3) is 0 Å². The molecule has 0 unspecified atom stereocenters. The van der Waals surface area contributed by atoms with Gasteiger partial charge in [0.1, 0.15) is 5.82 Å². The summed E-state index contributed by atoms with van der Waals surface area (Å²) in [6, 6.07) is 7.06. The van der Waals surface area contributed by atoms with Gasteiger partial charge in [-0.3, -0.25) is 14.6 Å². The van der Waals surface area contributed by atoms with Crippen LogP contribution < -0.4 is 10.2 Å². The predicted molar refractivity (Wildman–Crippen MR) is 87.9 cm³/mol. The Morgan fingerprint density at radius 1 is 1.21 bits per heavy atom. The van der Waals surface area contributed by atoms with E-state index in [1.165, 1.54) is 0 Å². The van der Waals surface area contributed by atoms with Crippen LogP contribution in [0.3, 0.4) is 0 Å². The zero-order valence-electron chi connectivity index (χ0n) is 13.2. The van der Waals surface area contributed by atoms with Crippen LogP contribution in [-0.2, 0) is 4.79 Å². The molecule has 2 N–H and O–H groups in total. The summed E-state index contributed by atoms with van der Waals surface area (Å²) in [5, 5.41) is 12.2. The van der Waals surface area contributed by atoms with Crippen molar-refractivity contribution in [2.75, 3.05) is 25.0 Å². The molecule has 7 heteroatoms. The molecular weight excluding hydrogens is 308 g/mol. The summed E-state index contributed by atoms with van der Waals surface area (Å²) in [4.78, 5) is 33.9. The van der Waals surface area contributed by atoms with Crippen molar-refractivity contribution in [2.24, 2.45) is 5.92 Å². The standard InChI is InChI=1S/C17H18N4O3/c1-18-16(22)12-3-2-6-20-15(12)21-9-13(14(10-21)17(23)24)11-4-7-19-8-5-11/h2-8,13-14H,9-10H2,1H3,(H,18,22)(H,23,24)/t13-,14+/m1/s1. The molecule has 1 aliphatic heterocycles. The summed E-state index contributed by atoms with van der Waals surface area (Å²) in [7, 11) is 1.56. The first-order valence-electron chi connectivity index (χ1n) is 7.66. The average Bonchev–Trinajstić information content (AvgIpc) is 3.07. The van der Waals surface area contributed by atoms with Gasteiger partial charge in [0.25, 0.3) is 5.91 Å². The predicted octanol–water partition coefficient (Wildman–Crippen LogP) is 1.14. The second-order valence-electron chi connectivity index (χ2n) is 5.69. The molecule has 0 aliphatic carbocycles. The summed E-state index contributed by atoms with van der Waals surface area (Å²) in [6.45, 7) is 0.797. The molecule has 3 heterocycles. The number of hydrogen-bond acceptors (Lipinski definition) is 5. The lowest BCUT2D eigenvalue weighted by Gasteiger charge is -2.20. The lowest BCUT2D eigenvalue weighted by atomic mass is 9.90. The van der Waals surface area contributed by atoms with Crippen molar-refractivity contribution in [3.05, 3.63) is 54.0 Å². The molecule has 2 aromatic heterocycles. The minimum atomic E-state index is -0.850. The third kappa shape index (κ3) is 2.92. The molecule has 0 radical (unpaired) electrons. The largest absolute Gasteiger partial charge is 0.481 e. The summed E-state index contributed by atoms with van der Waals surface area (Å²) < 4.78 is 0. The Morgan fingerprint density at radius 3 is 2.62 bits per heavy atom. The molecule has 24 heavy (non-hydrogen) atoms. The number of hydrogen-bond donors (Lipinski definition) is 2. The van der Waals surface area contributed by atoms with Gasteiger partial charge in [-0.05, 0) is 29.8 Å². The Bertz CT molecular complexity index is 751. The first-order valence-corrected chi connectivity index (χ1v) is 7.66. The fourth-order valence-corrected chi connectivity index (χ4v) is 3.14. The topological polar surface area (TPSA) is 95.4 Å². The van der Waals surface area contributed by atoms with E-state index in [1.54, 1.807) is 37.8 Å². The molecule has 1 saturated heterocycles. The van der Waals surface area contributed by atoms with Crippen LogP contribution in [0.1, 0.15) is 21.8 Å². The highest BCUT2D eigenvalue weighted by Gasteiger charge is 2.40. The van der Waals surface area contributed by atoms with Crippen molar-refractivity contribution >= 4 is 17.7 Å². The van der Waals surface area contributed by atoms with E-state index >= 15 is 0 Å². The van der Waals surface area contributed by atoms with E-state index in [0.29, 0.717) is 24.5 Å². The molecule has 0 spiro atoms. The van der Waals surface area contributed by atoms with Gasteiger partial charge in [-0.25, -0.2) is 4.98 Å². The number of nitrogens with one attached hydrogen (secondary N) is 1. The summed E-state index contributed by atoms with van der Waals surface area (Å²) >= 11 is 0. The fraction of sp³-hybridized carbons (Fsp3) is 0.294. The van der Waals surface area contributed by atoms with Gasteiger partial charge in [-0.2, -0.15) is 0 Å². The zero-order valence-corrected chi connectivity index (χ0v) is 13.2. The van der Waals surface area contributed by atoms with Gasteiger partial charge in [-0.1, -0.05) is 0 Å². The molecule has 1 fully saturated rings. The van der Waals surface area contributed by atoms with Gasteiger partial charge in [0.15, 0.2) is 0 Å². The first kappa shape index (κ1) is 15.9. The highest BCUT2D eigenvalue weighted by Crippen LogP contribution is 2.35. The van der Waals surface area contributed by atoms with Crippen LogP contribution in [0.2, 0.25) is 0 Å². The Hall–Kier alpha value is -2.96. The fourth-order valence-electron chi connectivity index (χ4n) is 3.14. The molecule has 1 amide bonds. The van der Waals surface area contributed by atoms with E-state index < -0.39 is 11.9 Å². The van der Waals surface area contributed by atoms with E-state index in [0.717, 1.165) is 5.56 Å². The number of rotatable bonds is 4. The molecule has 3 rings (SSSR count). The molecule has 0 saturated carbocycles. The third-order valence-electron chi connectivity index (χ3n) is 4.33. The van der Waals surface area contributed by atoms with E-state index in [9.17, 15) is 14.7 Å². The number of carbonyl (C=O) groups is 2. The van der Waals surface area contributed by atoms with E-state index in [2.05, 4.69) is 15.3 Å². The van der Waals surface area contributed by atoms with Crippen LogP contribution >= 0.6 is 0 Å². The Morgan fingerprint density at radius 2 is 1.96 bits per heavy atom. The van der Waals surface area contributed by atoms with Crippen LogP contribution in [0.15, 0.2) is 42.9 Å². The smallest absolute Gasteiger partial charge is 0.308 e. The number of aromatic nitrogens is 2. The van der Waals surface area contributed by atoms with Crippen LogP contribution in [-0.4, -0.2) is 47.1 Å². The number of aliphatic carboxylic acids is 1. The maximum atomic E-state index is 12.1. The molecule has 124 valence electrons. The maximum absolute atomic E-state index is 12.1. The van der Waals surface area contributed by atoms with Crippen molar-refractivity contribution in [3.63, 3.8) is 0 Å². The molecule has 7 nitrogen and oxygen atoms in total. The minimum absolute atomic E-state index is 0.176. The first-order chi connectivity index (χ1) is 11.6. The van der Waals surface area contributed by atoms with Gasteiger partial charge in [-0.15, -0.1) is 0 Å². The molecule has 0 aromatic carbocycles. The number of anilines is 1. The van der Waals surface area contributed by atoms with E-state index in [-0.39, 0.29) is 11.8 Å². The quantitative estimate of drug-likeness (QED) is 0.875. The maximum Gasteiger partial charge on any atom is 0.308 e. The van der Waals surface area contributed by atoms with Gasteiger partial charge >= 0.3 is 5.97 Å². The molecule has 1 aliphatic rings. The molecular formula is C17H18N4O3. The number of pyridine rings is 2. The molecule has 2 aromatic rings. The molecule has 2 atom stereocenters. The van der Waals surface area contributed by atoms with Gasteiger partial charge in [0.2, 0.25) is 0 Å². The Labute approximate surface area is 139 Å². The normalized spacial score (nSPS) is 20.0. The monoisotopic (exact) mass is 326 g/mol. The van der Waals surface area contributed by atoms with Crippen LogP contribution in [0.4, 0.5) is 5.82 Å². The second kappa shape index (κ2) is 6.66. The highest BCUT2D eigenvalue weighted by molar-refractivity contribution is 5.98. The summed E-state index contributed by atoms with van der Waals surface area (Å²) in [5.41, 5.74) is 1.37. The van der Waals surface area contributed by atoms with Gasteiger partial charge in [0, 0.05) is 44.6 Å². The number of amides is 1. The number of nitrogens with zero attached hydrogens (tertiary/aromatic N) is 3. The lowest BCUT2D eigenvalue weighted by molar-refractivity contribution is -0.141.